The summed E-state index contributed by atoms with van der Waals surface area (Å²) in [4.78, 5) is 2.58. The molecular formula is C23H31F2NO3. The molecule has 0 aromatic heterocycles. The Hall–Kier alpha value is -1.24. The van der Waals surface area contributed by atoms with E-state index in [4.69, 9.17) is 14.2 Å². The van der Waals surface area contributed by atoms with Gasteiger partial charge in [-0.2, -0.15) is 0 Å². The lowest BCUT2D eigenvalue weighted by Gasteiger charge is -2.47. The van der Waals surface area contributed by atoms with Gasteiger partial charge in [-0.25, -0.2) is 8.78 Å². The molecule has 2 heterocycles. The van der Waals surface area contributed by atoms with Crippen molar-refractivity contribution in [3.05, 3.63) is 29.3 Å². The third-order valence-corrected chi connectivity index (χ3v) is 7.70. The summed E-state index contributed by atoms with van der Waals surface area (Å²) in [7, 11) is 1.63. The first-order chi connectivity index (χ1) is 13.9. The first kappa shape index (κ1) is 19.7. The Balaban J connectivity index is 1.30. The minimum absolute atomic E-state index is 0.133. The molecular weight excluding hydrogens is 376 g/mol. The number of rotatable bonds is 3. The minimum Gasteiger partial charge on any atom is -0.462 e. The van der Waals surface area contributed by atoms with Crippen molar-refractivity contribution < 1.29 is 23.0 Å². The summed E-state index contributed by atoms with van der Waals surface area (Å²) in [5, 5.41) is 0. The van der Waals surface area contributed by atoms with Crippen LogP contribution in [0.1, 0.15) is 68.9 Å². The highest BCUT2D eigenvalue weighted by Crippen LogP contribution is 2.47. The number of piperidine rings is 1. The van der Waals surface area contributed by atoms with Crippen LogP contribution in [-0.4, -0.2) is 42.9 Å². The molecule has 4 aliphatic rings. The fraction of sp³-hybridized carbons (Fsp3) is 0.739. The molecule has 0 N–H and O–H groups in total. The third kappa shape index (κ3) is 3.57. The van der Waals surface area contributed by atoms with Crippen molar-refractivity contribution >= 4 is 0 Å². The average Bonchev–Trinajstić information content (AvgIpc) is 2.69. The van der Waals surface area contributed by atoms with Gasteiger partial charge in [0.05, 0.1) is 12.2 Å². The van der Waals surface area contributed by atoms with Gasteiger partial charge >= 0.3 is 0 Å². The molecule has 4 nitrogen and oxygen atoms in total. The predicted molar refractivity (Wildman–Crippen MR) is 105 cm³/mol. The number of hydrogen-bond donors (Lipinski definition) is 0. The fourth-order valence-corrected chi connectivity index (χ4v) is 5.37. The normalized spacial score (nSPS) is 28.4. The molecule has 29 heavy (non-hydrogen) atoms. The summed E-state index contributed by atoms with van der Waals surface area (Å²) in [5.41, 5.74) is 1.31. The van der Waals surface area contributed by atoms with Gasteiger partial charge in [0.15, 0.2) is 0 Å². The number of nitrogens with zero attached hydrogens (tertiary/aromatic N) is 1. The Kier molecular flexibility index (Phi) is 4.87. The molecule has 2 saturated carbocycles. The standard InChI is InChI=1S/C23H31F2NO3/c1-27-21(7-9-22(24,25)10-8-21)18-5-6-20-17(15-18)16-28-23(29-20)11-13-26(14-12-23)19-3-2-4-19/h5-6,15,19H,2-4,7-14,16H2,1H3. The van der Waals surface area contributed by atoms with Crippen LogP contribution in [0.3, 0.4) is 0 Å². The molecule has 2 aliphatic carbocycles. The molecule has 0 amide bonds. The molecule has 2 aliphatic heterocycles. The van der Waals surface area contributed by atoms with Crippen LogP contribution in [0, 0.1) is 0 Å². The summed E-state index contributed by atoms with van der Waals surface area (Å²) >= 11 is 0. The van der Waals surface area contributed by atoms with Crippen molar-refractivity contribution in [3.63, 3.8) is 0 Å². The molecule has 0 bridgehead atoms. The van der Waals surface area contributed by atoms with Gasteiger partial charge < -0.3 is 14.2 Å². The molecule has 6 heteroatoms. The first-order valence-corrected chi connectivity index (χ1v) is 11.1. The van der Waals surface area contributed by atoms with E-state index in [0.29, 0.717) is 19.4 Å². The van der Waals surface area contributed by atoms with Crippen molar-refractivity contribution in [2.45, 2.75) is 87.7 Å². The Labute approximate surface area is 171 Å². The van der Waals surface area contributed by atoms with Crippen LogP contribution in [0.25, 0.3) is 0 Å². The fourth-order valence-electron chi connectivity index (χ4n) is 5.37. The molecule has 0 atom stereocenters. The number of hydrogen-bond acceptors (Lipinski definition) is 4. The minimum atomic E-state index is -2.58. The Morgan fingerprint density at radius 2 is 1.76 bits per heavy atom. The SMILES string of the molecule is COC1(c2ccc3c(c2)COC2(CCN(C4CCC4)CC2)O3)CCC(F)(F)CC1. The molecule has 160 valence electrons. The van der Waals surface area contributed by atoms with Crippen molar-refractivity contribution in [1.82, 2.24) is 4.90 Å². The lowest BCUT2D eigenvalue weighted by Crippen LogP contribution is -2.54. The highest BCUT2D eigenvalue weighted by molar-refractivity contribution is 5.41. The lowest BCUT2D eigenvalue weighted by atomic mass is 9.77. The van der Waals surface area contributed by atoms with Gasteiger partial charge in [0.25, 0.3) is 0 Å². The maximum absolute atomic E-state index is 13.7. The molecule has 3 fully saturated rings. The van der Waals surface area contributed by atoms with E-state index in [-0.39, 0.29) is 12.8 Å². The number of likely N-dealkylation sites (tertiary alicyclic amines) is 1. The zero-order chi connectivity index (χ0) is 20.1. The topological polar surface area (TPSA) is 30.9 Å². The van der Waals surface area contributed by atoms with Gasteiger partial charge in [-0.1, -0.05) is 12.5 Å². The highest BCUT2D eigenvalue weighted by Gasteiger charge is 2.46. The predicted octanol–water partition coefficient (Wildman–Crippen LogP) is 4.99. The zero-order valence-corrected chi connectivity index (χ0v) is 17.2. The van der Waals surface area contributed by atoms with Gasteiger partial charge in [-0.15, -0.1) is 0 Å². The number of halogens is 2. The molecule has 1 saturated heterocycles. The maximum Gasteiger partial charge on any atom is 0.248 e. The maximum atomic E-state index is 13.7. The number of methoxy groups -OCH3 is 1. The van der Waals surface area contributed by atoms with Crippen molar-refractivity contribution in [3.8, 4) is 5.75 Å². The second kappa shape index (κ2) is 7.17. The molecule has 0 unspecified atom stereocenters. The van der Waals surface area contributed by atoms with Crippen LogP contribution in [-0.2, 0) is 21.7 Å². The van der Waals surface area contributed by atoms with Crippen molar-refractivity contribution in [2.75, 3.05) is 20.2 Å². The second-order valence-corrected chi connectivity index (χ2v) is 9.30. The molecule has 1 aromatic rings. The van der Waals surface area contributed by atoms with Crippen LogP contribution in [0.2, 0.25) is 0 Å². The second-order valence-electron chi connectivity index (χ2n) is 9.30. The van der Waals surface area contributed by atoms with Crippen LogP contribution < -0.4 is 4.74 Å². The van der Waals surface area contributed by atoms with Gasteiger partial charge in [0.1, 0.15) is 5.75 Å². The molecule has 0 radical (unpaired) electrons. The Morgan fingerprint density at radius 3 is 2.38 bits per heavy atom. The van der Waals surface area contributed by atoms with E-state index in [1.807, 2.05) is 18.2 Å². The molecule has 1 aromatic carbocycles. The zero-order valence-electron chi connectivity index (χ0n) is 17.2. The summed E-state index contributed by atoms with van der Waals surface area (Å²) in [6.45, 7) is 2.56. The van der Waals surface area contributed by atoms with E-state index < -0.39 is 17.3 Å². The van der Waals surface area contributed by atoms with E-state index in [1.165, 1.54) is 19.3 Å². The van der Waals surface area contributed by atoms with E-state index in [2.05, 4.69) is 4.90 Å². The summed E-state index contributed by atoms with van der Waals surface area (Å²) in [5.74, 6) is -2.23. The lowest BCUT2D eigenvalue weighted by molar-refractivity contribution is -0.231. The first-order valence-electron chi connectivity index (χ1n) is 11.1. The third-order valence-electron chi connectivity index (χ3n) is 7.70. The highest BCUT2D eigenvalue weighted by atomic mass is 19.3. The van der Waals surface area contributed by atoms with E-state index >= 15 is 0 Å². The molecule has 5 rings (SSSR count). The molecule has 1 spiro atoms. The van der Waals surface area contributed by atoms with Crippen LogP contribution in [0.15, 0.2) is 18.2 Å². The van der Waals surface area contributed by atoms with Crippen molar-refractivity contribution in [2.24, 2.45) is 0 Å². The monoisotopic (exact) mass is 407 g/mol. The quantitative estimate of drug-likeness (QED) is 0.706. The number of alkyl halides is 2. The van der Waals surface area contributed by atoms with Gasteiger partial charge in [-0.3, -0.25) is 4.90 Å². The smallest absolute Gasteiger partial charge is 0.248 e. The van der Waals surface area contributed by atoms with E-state index in [1.54, 1.807) is 7.11 Å². The van der Waals surface area contributed by atoms with Crippen LogP contribution in [0.4, 0.5) is 8.78 Å². The van der Waals surface area contributed by atoms with Gasteiger partial charge in [-0.05, 0) is 43.4 Å². The van der Waals surface area contributed by atoms with Crippen LogP contribution >= 0.6 is 0 Å². The summed E-state index contributed by atoms with van der Waals surface area (Å²) in [6, 6.07) is 6.78. The number of ether oxygens (including phenoxy) is 3. The average molecular weight is 408 g/mol. The van der Waals surface area contributed by atoms with E-state index in [0.717, 1.165) is 48.8 Å². The van der Waals surface area contributed by atoms with Crippen molar-refractivity contribution in [1.29, 1.82) is 0 Å². The largest absolute Gasteiger partial charge is 0.462 e. The van der Waals surface area contributed by atoms with Gasteiger partial charge in [0, 0.05) is 57.5 Å². The summed E-state index contributed by atoms with van der Waals surface area (Å²) in [6.07, 6.45) is 6.19. The summed E-state index contributed by atoms with van der Waals surface area (Å²) < 4.78 is 45.8. The Morgan fingerprint density at radius 1 is 1.03 bits per heavy atom. The van der Waals surface area contributed by atoms with E-state index in [9.17, 15) is 8.78 Å². The van der Waals surface area contributed by atoms with Gasteiger partial charge in [0.2, 0.25) is 11.7 Å². The Bertz CT molecular complexity index is 746. The number of benzene rings is 1. The number of fused-ring (bicyclic) bond motifs is 1. The van der Waals surface area contributed by atoms with Crippen LogP contribution in [0.5, 0.6) is 5.75 Å².